The van der Waals surface area contributed by atoms with Gasteiger partial charge in [0, 0.05) is 17.7 Å². The monoisotopic (exact) mass is 371 g/mol. The highest BCUT2D eigenvalue weighted by Crippen LogP contribution is 2.28. The summed E-state index contributed by atoms with van der Waals surface area (Å²) in [7, 11) is 2.85. The zero-order valence-electron chi connectivity index (χ0n) is 15.4. The maximum absolute atomic E-state index is 12.4. The van der Waals surface area contributed by atoms with E-state index in [0.29, 0.717) is 29.2 Å². The molecule has 0 saturated heterocycles. The molecule has 7 heteroatoms. The first-order chi connectivity index (χ1) is 13.0. The van der Waals surface area contributed by atoms with E-state index in [-0.39, 0.29) is 17.3 Å². The number of ether oxygens (including phenoxy) is 3. The maximum atomic E-state index is 12.4. The van der Waals surface area contributed by atoms with Gasteiger partial charge in [0.25, 0.3) is 0 Å². The number of esters is 1. The molecule has 0 saturated carbocycles. The van der Waals surface area contributed by atoms with Crippen LogP contribution in [0.1, 0.15) is 34.1 Å². The van der Waals surface area contributed by atoms with Gasteiger partial charge in [0.05, 0.1) is 14.2 Å². The van der Waals surface area contributed by atoms with Gasteiger partial charge in [0.15, 0.2) is 12.4 Å². The van der Waals surface area contributed by atoms with Gasteiger partial charge in [-0.3, -0.25) is 9.59 Å². The number of carbonyl (C=O) groups is 3. The van der Waals surface area contributed by atoms with Crippen molar-refractivity contribution >= 4 is 23.3 Å². The summed E-state index contributed by atoms with van der Waals surface area (Å²) in [6, 6.07) is 11.2. The topological polar surface area (TPSA) is 90.9 Å². The van der Waals surface area contributed by atoms with Crippen LogP contribution in [0.25, 0.3) is 0 Å². The van der Waals surface area contributed by atoms with E-state index in [9.17, 15) is 14.4 Å². The Balaban J connectivity index is 2.03. The Labute approximate surface area is 157 Å². The van der Waals surface area contributed by atoms with Crippen molar-refractivity contribution in [3.05, 3.63) is 53.6 Å². The maximum Gasteiger partial charge on any atom is 0.346 e. The lowest BCUT2D eigenvalue weighted by molar-refractivity contribution is -0.115. The van der Waals surface area contributed by atoms with Crippen molar-refractivity contribution in [1.29, 1.82) is 0 Å². The van der Waals surface area contributed by atoms with Crippen molar-refractivity contribution in [2.24, 2.45) is 0 Å². The highest BCUT2D eigenvalue weighted by molar-refractivity contribution is 6.01. The number of Topliss-reactive ketones (excluding diaryl/α,β-unsaturated/α-hetero) is 1. The first-order valence-electron chi connectivity index (χ1n) is 8.31. The second-order valence-corrected chi connectivity index (χ2v) is 5.52. The van der Waals surface area contributed by atoms with Crippen LogP contribution in [0.4, 0.5) is 5.69 Å². The van der Waals surface area contributed by atoms with Crippen molar-refractivity contribution in [1.82, 2.24) is 0 Å². The summed E-state index contributed by atoms with van der Waals surface area (Å²) in [5.41, 5.74) is 1.08. The molecule has 0 aromatic heterocycles. The van der Waals surface area contributed by atoms with Crippen molar-refractivity contribution in [3.63, 3.8) is 0 Å². The number of rotatable bonds is 8. The number of nitrogens with one attached hydrogen (secondary N) is 1. The molecule has 1 amide bonds. The molecule has 0 bridgehead atoms. The van der Waals surface area contributed by atoms with E-state index in [2.05, 4.69) is 5.32 Å². The van der Waals surface area contributed by atoms with Crippen LogP contribution in [-0.2, 0) is 9.53 Å². The Kier molecular flexibility index (Phi) is 6.93. The molecule has 0 fully saturated rings. The van der Waals surface area contributed by atoms with Gasteiger partial charge in [0.2, 0.25) is 5.91 Å². The molecule has 0 aliphatic carbocycles. The largest absolute Gasteiger partial charge is 0.496 e. The number of methoxy groups -OCH3 is 2. The zero-order chi connectivity index (χ0) is 19.8. The van der Waals surface area contributed by atoms with Crippen LogP contribution in [0.15, 0.2) is 42.5 Å². The average Bonchev–Trinajstić information content (AvgIpc) is 2.71. The molecule has 0 aliphatic rings. The van der Waals surface area contributed by atoms with Crippen LogP contribution in [0, 0.1) is 0 Å². The van der Waals surface area contributed by atoms with Gasteiger partial charge in [-0.05, 0) is 36.4 Å². The van der Waals surface area contributed by atoms with E-state index < -0.39 is 12.6 Å². The van der Waals surface area contributed by atoms with Gasteiger partial charge in [0.1, 0.15) is 17.1 Å². The summed E-state index contributed by atoms with van der Waals surface area (Å²) in [4.78, 5) is 36.0. The molecule has 2 aromatic carbocycles. The second-order valence-electron chi connectivity index (χ2n) is 5.52. The third-order valence-electron chi connectivity index (χ3n) is 3.78. The Hall–Kier alpha value is -3.35. The van der Waals surface area contributed by atoms with Crippen LogP contribution in [-0.4, -0.2) is 38.5 Å². The average molecular weight is 371 g/mol. The van der Waals surface area contributed by atoms with Gasteiger partial charge >= 0.3 is 5.97 Å². The summed E-state index contributed by atoms with van der Waals surface area (Å²) < 4.78 is 15.4. The molecule has 0 radical (unpaired) electrons. The number of hydrogen-bond donors (Lipinski definition) is 1. The minimum absolute atomic E-state index is 0.117. The van der Waals surface area contributed by atoms with E-state index in [1.165, 1.54) is 14.2 Å². The van der Waals surface area contributed by atoms with Crippen molar-refractivity contribution < 1.29 is 28.6 Å². The highest BCUT2D eigenvalue weighted by atomic mass is 16.5. The SMILES string of the molecule is CCC(=O)Nc1ccc(C(=O)COC(=O)c2c(OC)cccc2OC)cc1. The molecule has 27 heavy (non-hydrogen) atoms. The Morgan fingerprint density at radius 1 is 0.926 bits per heavy atom. The molecule has 2 aromatic rings. The van der Waals surface area contributed by atoms with Gasteiger partial charge in [-0.2, -0.15) is 0 Å². The van der Waals surface area contributed by atoms with Crippen LogP contribution < -0.4 is 14.8 Å². The molecule has 0 heterocycles. The number of hydrogen-bond acceptors (Lipinski definition) is 6. The molecule has 0 aliphatic heterocycles. The third kappa shape index (κ3) is 5.07. The van der Waals surface area contributed by atoms with Crippen LogP contribution >= 0.6 is 0 Å². The van der Waals surface area contributed by atoms with Gasteiger partial charge in [-0.25, -0.2) is 4.79 Å². The van der Waals surface area contributed by atoms with E-state index in [1.807, 2.05) is 0 Å². The van der Waals surface area contributed by atoms with Gasteiger partial charge in [-0.15, -0.1) is 0 Å². The molecular weight excluding hydrogens is 350 g/mol. The number of ketones is 1. The molecule has 2 rings (SSSR count). The molecule has 0 atom stereocenters. The fourth-order valence-corrected chi connectivity index (χ4v) is 2.33. The quantitative estimate of drug-likeness (QED) is 0.566. The van der Waals surface area contributed by atoms with Crippen molar-refractivity contribution in [2.45, 2.75) is 13.3 Å². The lowest BCUT2D eigenvalue weighted by atomic mass is 10.1. The minimum Gasteiger partial charge on any atom is -0.496 e. The molecule has 142 valence electrons. The van der Waals surface area contributed by atoms with E-state index in [1.54, 1.807) is 49.4 Å². The number of carbonyl (C=O) groups excluding carboxylic acids is 3. The van der Waals surface area contributed by atoms with E-state index in [0.717, 1.165) is 0 Å². The Bertz CT molecular complexity index is 807. The first kappa shape index (κ1) is 20.0. The van der Waals surface area contributed by atoms with Crippen LogP contribution in [0.3, 0.4) is 0 Å². The van der Waals surface area contributed by atoms with E-state index in [4.69, 9.17) is 14.2 Å². The Morgan fingerprint density at radius 2 is 1.52 bits per heavy atom. The van der Waals surface area contributed by atoms with Gasteiger partial charge < -0.3 is 19.5 Å². The van der Waals surface area contributed by atoms with Crippen molar-refractivity contribution in [2.75, 3.05) is 26.1 Å². The normalized spacial score (nSPS) is 10.0. The lowest BCUT2D eigenvalue weighted by Gasteiger charge is -2.12. The predicted molar refractivity (Wildman–Crippen MR) is 99.5 cm³/mol. The Morgan fingerprint density at radius 3 is 2.04 bits per heavy atom. The van der Waals surface area contributed by atoms with Crippen molar-refractivity contribution in [3.8, 4) is 11.5 Å². The molecule has 1 N–H and O–H groups in total. The van der Waals surface area contributed by atoms with E-state index >= 15 is 0 Å². The number of anilines is 1. The third-order valence-corrected chi connectivity index (χ3v) is 3.78. The van der Waals surface area contributed by atoms with Crippen LogP contribution in [0.2, 0.25) is 0 Å². The predicted octanol–water partition coefficient (Wildman–Crippen LogP) is 3.09. The second kappa shape index (κ2) is 9.38. The summed E-state index contributed by atoms with van der Waals surface area (Å²) in [6.45, 7) is 1.32. The molecule has 0 spiro atoms. The summed E-state index contributed by atoms with van der Waals surface area (Å²) in [5.74, 6) is -0.616. The minimum atomic E-state index is -0.718. The van der Waals surface area contributed by atoms with Gasteiger partial charge in [-0.1, -0.05) is 13.0 Å². The summed E-state index contributed by atoms with van der Waals surface area (Å²) >= 11 is 0. The molecular formula is C20H21NO6. The summed E-state index contributed by atoms with van der Waals surface area (Å²) in [6.07, 6.45) is 0.364. The fourth-order valence-electron chi connectivity index (χ4n) is 2.33. The van der Waals surface area contributed by atoms with Crippen LogP contribution in [0.5, 0.6) is 11.5 Å². The fraction of sp³-hybridized carbons (Fsp3) is 0.250. The number of amides is 1. The smallest absolute Gasteiger partial charge is 0.346 e. The first-order valence-corrected chi connectivity index (χ1v) is 8.31. The standard InChI is InChI=1S/C20H21NO6/c1-4-18(23)21-14-10-8-13(9-11-14)15(22)12-27-20(24)19-16(25-2)6-5-7-17(19)26-3/h5-11H,4,12H2,1-3H3,(H,21,23). The zero-order valence-corrected chi connectivity index (χ0v) is 15.4. The number of benzene rings is 2. The lowest BCUT2D eigenvalue weighted by Crippen LogP contribution is -2.16. The molecule has 7 nitrogen and oxygen atoms in total. The highest BCUT2D eigenvalue weighted by Gasteiger charge is 2.21. The molecule has 0 unspecified atom stereocenters. The summed E-state index contributed by atoms with van der Waals surface area (Å²) in [5, 5.41) is 2.69.